The molecule has 1 aromatic heterocycles. The van der Waals surface area contributed by atoms with Gasteiger partial charge in [0.2, 0.25) is 0 Å². The number of aromatic nitrogens is 2. The predicted molar refractivity (Wildman–Crippen MR) is 88.4 cm³/mol. The minimum Gasteiger partial charge on any atom is -0.311 e. The summed E-state index contributed by atoms with van der Waals surface area (Å²) < 4.78 is 2.00. The van der Waals surface area contributed by atoms with E-state index in [9.17, 15) is 0 Å². The first kappa shape index (κ1) is 16.5. The summed E-state index contributed by atoms with van der Waals surface area (Å²) in [7, 11) is 2.04. The zero-order chi connectivity index (χ0) is 15.5. The third-order valence-electron chi connectivity index (χ3n) is 5.58. The van der Waals surface area contributed by atoms with Crippen LogP contribution in [-0.2, 0) is 13.5 Å². The van der Waals surface area contributed by atoms with Crippen LogP contribution in [0.4, 0.5) is 0 Å². The Bertz CT molecular complexity index is 442. The average molecular weight is 292 g/mol. The van der Waals surface area contributed by atoms with Gasteiger partial charge in [-0.3, -0.25) is 9.58 Å². The standard InChI is InChI=1S/C17H32N4/c1-6-14(3)16-12-21(17(4,7-2)13-18-16)11-9-15-8-10-19-20(15)5/h8,10,14,16,18H,6-7,9,11-13H2,1-5H3. The molecule has 1 fully saturated rings. The molecule has 0 spiro atoms. The molecule has 1 saturated heterocycles. The summed E-state index contributed by atoms with van der Waals surface area (Å²) in [6.07, 6.45) is 5.42. The Morgan fingerprint density at radius 1 is 1.48 bits per heavy atom. The van der Waals surface area contributed by atoms with E-state index >= 15 is 0 Å². The monoisotopic (exact) mass is 292 g/mol. The van der Waals surface area contributed by atoms with Crippen molar-refractivity contribution in [3.8, 4) is 0 Å². The quantitative estimate of drug-likeness (QED) is 0.874. The Kier molecular flexibility index (Phi) is 5.44. The second-order valence-electron chi connectivity index (χ2n) is 6.87. The maximum atomic E-state index is 4.28. The second-order valence-corrected chi connectivity index (χ2v) is 6.87. The molecule has 4 nitrogen and oxygen atoms in total. The fourth-order valence-electron chi connectivity index (χ4n) is 3.26. The zero-order valence-corrected chi connectivity index (χ0v) is 14.4. The summed E-state index contributed by atoms with van der Waals surface area (Å²) in [5.74, 6) is 0.741. The minimum absolute atomic E-state index is 0.280. The van der Waals surface area contributed by atoms with E-state index in [1.165, 1.54) is 18.5 Å². The van der Waals surface area contributed by atoms with Crippen molar-refractivity contribution in [1.29, 1.82) is 0 Å². The first-order chi connectivity index (χ1) is 10.00. The number of piperazine rings is 1. The Balaban J connectivity index is 2.02. The van der Waals surface area contributed by atoms with Crippen molar-refractivity contribution in [2.24, 2.45) is 13.0 Å². The molecule has 1 aromatic rings. The van der Waals surface area contributed by atoms with Crippen LogP contribution in [0.1, 0.15) is 46.2 Å². The molecule has 1 aliphatic heterocycles. The molecular weight excluding hydrogens is 260 g/mol. The van der Waals surface area contributed by atoms with Gasteiger partial charge >= 0.3 is 0 Å². The van der Waals surface area contributed by atoms with Crippen molar-refractivity contribution in [1.82, 2.24) is 20.0 Å². The van der Waals surface area contributed by atoms with Crippen LogP contribution in [0, 0.1) is 5.92 Å². The fourth-order valence-corrected chi connectivity index (χ4v) is 3.26. The van der Waals surface area contributed by atoms with Crippen molar-refractivity contribution >= 4 is 0 Å². The summed E-state index contributed by atoms with van der Waals surface area (Å²) in [6, 6.07) is 2.76. The topological polar surface area (TPSA) is 33.1 Å². The number of aryl methyl sites for hydroxylation is 1. The molecule has 0 aromatic carbocycles. The Labute approximate surface area is 129 Å². The van der Waals surface area contributed by atoms with E-state index in [4.69, 9.17) is 0 Å². The number of nitrogens with one attached hydrogen (secondary N) is 1. The molecule has 4 heteroatoms. The molecular formula is C17H32N4. The highest BCUT2D eigenvalue weighted by molar-refractivity contribution is 5.03. The first-order valence-corrected chi connectivity index (χ1v) is 8.45. The number of hydrogen-bond acceptors (Lipinski definition) is 3. The van der Waals surface area contributed by atoms with Crippen LogP contribution in [0.2, 0.25) is 0 Å². The molecule has 2 rings (SSSR count). The van der Waals surface area contributed by atoms with Gasteiger partial charge < -0.3 is 5.32 Å². The van der Waals surface area contributed by atoms with Gasteiger partial charge in [0.05, 0.1) is 0 Å². The molecule has 0 aliphatic carbocycles. The van der Waals surface area contributed by atoms with Gasteiger partial charge in [-0.15, -0.1) is 0 Å². The third-order valence-corrected chi connectivity index (χ3v) is 5.58. The second kappa shape index (κ2) is 6.93. The largest absolute Gasteiger partial charge is 0.311 e. The third kappa shape index (κ3) is 3.67. The summed E-state index contributed by atoms with van der Waals surface area (Å²) in [4.78, 5) is 2.70. The van der Waals surface area contributed by atoms with Crippen LogP contribution in [0.5, 0.6) is 0 Å². The molecule has 3 atom stereocenters. The predicted octanol–water partition coefficient (Wildman–Crippen LogP) is 2.45. The normalized spacial score (nSPS) is 28.7. The van der Waals surface area contributed by atoms with Gasteiger partial charge in [0.25, 0.3) is 0 Å². The van der Waals surface area contributed by atoms with E-state index in [1.54, 1.807) is 0 Å². The van der Waals surface area contributed by atoms with E-state index in [-0.39, 0.29) is 5.54 Å². The number of nitrogens with zero attached hydrogens (tertiary/aromatic N) is 3. The van der Waals surface area contributed by atoms with Crippen LogP contribution in [0.3, 0.4) is 0 Å². The van der Waals surface area contributed by atoms with Crippen LogP contribution >= 0.6 is 0 Å². The molecule has 0 amide bonds. The molecule has 0 saturated carbocycles. The van der Waals surface area contributed by atoms with Crippen molar-refractivity contribution < 1.29 is 0 Å². The van der Waals surface area contributed by atoms with Gasteiger partial charge in [0.1, 0.15) is 0 Å². The van der Waals surface area contributed by atoms with Crippen LogP contribution in [-0.4, -0.2) is 45.9 Å². The average Bonchev–Trinajstić information content (AvgIpc) is 2.91. The lowest BCUT2D eigenvalue weighted by molar-refractivity contribution is 0.0369. The lowest BCUT2D eigenvalue weighted by Gasteiger charge is -2.49. The molecule has 0 bridgehead atoms. The minimum atomic E-state index is 0.280. The summed E-state index contributed by atoms with van der Waals surface area (Å²) in [5, 5.41) is 8.07. The fraction of sp³-hybridized carbons (Fsp3) is 0.824. The highest BCUT2D eigenvalue weighted by Crippen LogP contribution is 2.26. The molecule has 2 heterocycles. The first-order valence-electron chi connectivity index (χ1n) is 8.45. The zero-order valence-electron chi connectivity index (χ0n) is 14.4. The van der Waals surface area contributed by atoms with Crippen molar-refractivity contribution in [2.75, 3.05) is 19.6 Å². The molecule has 120 valence electrons. The van der Waals surface area contributed by atoms with Gasteiger partial charge in [-0.05, 0) is 25.3 Å². The Hall–Kier alpha value is -0.870. The number of rotatable bonds is 6. The lowest BCUT2D eigenvalue weighted by Crippen LogP contribution is -2.64. The van der Waals surface area contributed by atoms with Crippen molar-refractivity contribution in [3.05, 3.63) is 18.0 Å². The molecule has 3 unspecified atom stereocenters. The Morgan fingerprint density at radius 2 is 2.24 bits per heavy atom. The molecule has 1 N–H and O–H groups in total. The molecule has 21 heavy (non-hydrogen) atoms. The van der Waals surface area contributed by atoms with Crippen LogP contribution < -0.4 is 5.32 Å². The lowest BCUT2D eigenvalue weighted by atomic mass is 9.88. The van der Waals surface area contributed by atoms with Gasteiger partial charge in [-0.1, -0.05) is 27.2 Å². The SMILES string of the molecule is CCC(C)C1CN(CCc2ccnn2C)C(C)(CC)CN1. The molecule has 0 radical (unpaired) electrons. The maximum Gasteiger partial charge on any atom is 0.0492 e. The van der Waals surface area contributed by atoms with Crippen molar-refractivity contribution in [2.45, 2.75) is 58.5 Å². The highest BCUT2D eigenvalue weighted by atomic mass is 15.3. The van der Waals surface area contributed by atoms with E-state index in [0.29, 0.717) is 6.04 Å². The smallest absolute Gasteiger partial charge is 0.0492 e. The van der Waals surface area contributed by atoms with Crippen LogP contribution in [0.15, 0.2) is 12.3 Å². The van der Waals surface area contributed by atoms with Gasteiger partial charge in [-0.2, -0.15) is 5.10 Å². The van der Waals surface area contributed by atoms with Gasteiger partial charge in [-0.25, -0.2) is 0 Å². The Morgan fingerprint density at radius 3 is 2.81 bits per heavy atom. The number of hydrogen-bond donors (Lipinski definition) is 1. The summed E-state index contributed by atoms with van der Waals surface area (Å²) in [6.45, 7) is 12.8. The summed E-state index contributed by atoms with van der Waals surface area (Å²) in [5.41, 5.74) is 1.61. The van der Waals surface area contributed by atoms with E-state index < -0.39 is 0 Å². The molecule has 1 aliphatic rings. The van der Waals surface area contributed by atoms with Crippen molar-refractivity contribution in [3.63, 3.8) is 0 Å². The van der Waals surface area contributed by atoms with Gasteiger partial charge in [0.15, 0.2) is 0 Å². The van der Waals surface area contributed by atoms with E-state index in [0.717, 1.165) is 32.0 Å². The summed E-state index contributed by atoms with van der Waals surface area (Å²) >= 11 is 0. The van der Waals surface area contributed by atoms with Crippen LogP contribution in [0.25, 0.3) is 0 Å². The van der Waals surface area contributed by atoms with E-state index in [1.807, 2.05) is 17.9 Å². The van der Waals surface area contributed by atoms with E-state index in [2.05, 4.69) is 49.1 Å². The van der Waals surface area contributed by atoms with Gasteiger partial charge in [0, 0.05) is 56.6 Å². The highest BCUT2D eigenvalue weighted by Gasteiger charge is 2.37. The maximum absolute atomic E-state index is 4.28.